The third-order valence-electron chi connectivity index (χ3n) is 5.14. The first kappa shape index (κ1) is 17.4. The van der Waals surface area contributed by atoms with E-state index >= 15 is 0 Å². The minimum atomic E-state index is -0.128. The molecule has 3 atom stereocenters. The average molecular weight is 320 g/mol. The van der Waals surface area contributed by atoms with Gasteiger partial charge in [0.15, 0.2) is 0 Å². The highest BCUT2D eigenvalue weighted by molar-refractivity contribution is 7.82. The summed E-state index contributed by atoms with van der Waals surface area (Å²) >= 11 is 5.14. The maximum absolute atomic E-state index is 11.4. The van der Waals surface area contributed by atoms with Crippen LogP contribution in [0, 0.1) is 11.8 Å². The lowest BCUT2D eigenvalue weighted by molar-refractivity contribution is -0.120. The van der Waals surface area contributed by atoms with Crippen molar-refractivity contribution in [1.82, 2.24) is 5.32 Å². The van der Waals surface area contributed by atoms with E-state index in [1.165, 1.54) is 23.1 Å². The highest BCUT2D eigenvalue weighted by Crippen LogP contribution is 2.53. The summed E-state index contributed by atoms with van der Waals surface area (Å²) in [6.07, 6.45) is 10.4. The van der Waals surface area contributed by atoms with Gasteiger partial charge in [0.25, 0.3) is 0 Å². The third-order valence-corrected chi connectivity index (χ3v) is 5.99. The Labute approximate surface area is 140 Å². The van der Waals surface area contributed by atoms with E-state index in [1.807, 2.05) is 6.92 Å². The van der Waals surface area contributed by atoms with E-state index in [2.05, 4.69) is 44.3 Å². The number of thiol groups is 1. The molecule has 0 heterocycles. The van der Waals surface area contributed by atoms with Crippen LogP contribution < -0.4 is 5.32 Å². The van der Waals surface area contributed by atoms with Crippen LogP contribution in [0.15, 0.2) is 34.9 Å². The molecule has 0 aliphatic heterocycles. The van der Waals surface area contributed by atoms with Crippen LogP contribution in [0.5, 0.6) is 0 Å². The Balaban J connectivity index is 2.16. The number of carbonyl (C=O) groups excluding carboxylic acids is 1. The molecule has 1 N–H and O–H groups in total. The maximum atomic E-state index is 11.4. The van der Waals surface area contributed by atoms with Crippen molar-refractivity contribution >= 4 is 18.5 Å². The van der Waals surface area contributed by atoms with Crippen molar-refractivity contribution in [2.45, 2.75) is 58.1 Å². The molecule has 0 bridgehead atoms. The molecule has 0 spiro atoms. The van der Waals surface area contributed by atoms with Gasteiger partial charge in [-0.3, -0.25) is 4.79 Å². The van der Waals surface area contributed by atoms with Crippen LogP contribution in [0.4, 0.5) is 0 Å². The molecule has 2 unspecified atom stereocenters. The summed E-state index contributed by atoms with van der Waals surface area (Å²) in [5.41, 5.74) is 4.24. The Kier molecular flexibility index (Phi) is 5.60. The second-order valence-corrected chi connectivity index (χ2v) is 7.23. The van der Waals surface area contributed by atoms with Crippen LogP contribution in [-0.4, -0.2) is 17.2 Å². The molecular weight excluding hydrogens is 290 g/mol. The largest absolute Gasteiger partial charge is 0.356 e. The molecule has 0 aromatic heterocycles. The molecule has 2 nitrogen and oxygen atoms in total. The minimum Gasteiger partial charge on any atom is -0.356 e. The Morgan fingerprint density at radius 1 is 1.41 bits per heavy atom. The normalized spacial score (nSPS) is 30.9. The van der Waals surface area contributed by atoms with Crippen molar-refractivity contribution in [3.8, 4) is 0 Å². The molecule has 0 aromatic carbocycles. The predicted molar refractivity (Wildman–Crippen MR) is 97.1 cm³/mol. The summed E-state index contributed by atoms with van der Waals surface area (Å²) in [5.74, 6) is 1.29. The third kappa shape index (κ3) is 3.34. The average Bonchev–Trinajstić information content (AvgIpc) is 3.29. The van der Waals surface area contributed by atoms with Crippen LogP contribution >= 0.6 is 12.6 Å². The fraction of sp³-hybridized carbons (Fsp3) is 0.632. The van der Waals surface area contributed by atoms with E-state index in [1.54, 1.807) is 0 Å². The number of carbonyl (C=O) groups is 1. The van der Waals surface area contributed by atoms with Gasteiger partial charge in [-0.15, -0.1) is 0 Å². The maximum Gasteiger partial charge on any atom is 0.219 e. The molecule has 2 aliphatic carbocycles. The standard InChI is InChI=1S/C19H29NOS/c1-5-16-13(4)9-8-10-17(19(16,22)7-3)15-11-14(15)12-20-18(21)6-2/h8-10,14-15,22H,5-7,11-12H2,1-4H3,(H,20,21)/t14-,15?,19?/m0/s1. The van der Waals surface area contributed by atoms with Gasteiger partial charge in [0, 0.05) is 13.0 Å². The van der Waals surface area contributed by atoms with E-state index in [0.29, 0.717) is 18.3 Å². The number of nitrogens with one attached hydrogen (secondary N) is 1. The number of rotatable bonds is 6. The fourth-order valence-electron chi connectivity index (χ4n) is 3.68. The van der Waals surface area contributed by atoms with Crippen LogP contribution in [-0.2, 0) is 4.79 Å². The summed E-state index contributed by atoms with van der Waals surface area (Å²) in [6.45, 7) is 9.34. The lowest BCUT2D eigenvalue weighted by Crippen LogP contribution is -2.30. The molecule has 1 fully saturated rings. The first-order valence-electron chi connectivity index (χ1n) is 8.55. The van der Waals surface area contributed by atoms with Crippen LogP contribution in [0.1, 0.15) is 53.4 Å². The van der Waals surface area contributed by atoms with Gasteiger partial charge in [-0.25, -0.2) is 0 Å². The minimum absolute atomic E-state index is 0.128. The van der Waals surface area contributed by atoms with Crippen LogP contribution in [0.25, 0.3) is 0 Å². The van der Waals surface area contributed by atoms with E-state index in [-0.39, 0.29) is 10.7 Å². The smallest absolute Gasteiger partial charge is 0.219 e. The zero-order valence-electron chi connectivity index (χ0n) is 14.3. The fourth-order valence-corrected chi connectivity index (χ4v) is 4.25. The predicted octanol–water partition coefficient (Wildman–Crippen LogP) is 4.45. The molecule has 0 saturated heterocycles. The highest BCUT2D eigenvalue weighted by Gasteiger charge is 2.47. The lowest BCUT2D eigenvalue weighted by Gasteiger charge is -2.34. The van der Waals surface area contributed by atoms with Gasteiger partial charge in [-0.1, -0.05) is 44.6 Å². The van der Waals surface area contributed by atoms with E-state index in [4.69, 9.17) is 12.6 Å². The van der Waals surface area contributed by atoms with Crippen molar-refractivity contribution in [3.63, 3.8) is 0 Å². The summed E-state index contributed by atoms with van der Waals surface area (Å²) < 4.78 is -0.128. The number of hydrogen-bond donors (Lipinski definition) is 2. The summed E-state index contributed by atoms with van der Waals surface area (Å²) in [6, 6.07) is 0. The van der Waals surface area contributed by atoms with Crippen molar-refractivity contribution in [3.05, 3.63) is 34.9 Å². The van der Waals surface area contributed by atoms with E-state index < -0.39 is 0 Å². The molecule has 0 aromatic rings. The monoisotopic (exact) mass is 319 g/mol. The number of allylic oxidation sites excluding steroid dienone is 4. The Bertz CT molecular complexity index is 532. The van der Waals surface area contributed by atoms with Crippen LogP contribution in [0.3, 0.4) is 0 Å². The first-order valence-corrected chi connectivity index (χ1v) is 9.00. The second kappa shape index (κ2) is 7.08. The summed E-state index contributed by atoms with van der Waals surface area (Å²) in [5, 5.41) is 3.04. The Morgan fingerprint density at radius 2 is 2.14 bits per heavy atom. The van der Waals surface area contributed by atoms with Crippen molar-refractivity contribution < 1.29 is 4.79 Å². The topological polar surface area (TPSA) is 29.1 Å². The lowest BCUT2D eigenvalue weighted by atomic mass is 9.81. The molecule has 1 amide bonds. The van der Waals surface area contributed by atoms with Gasteiger partial charge < -0.3 is 5.32 Å². The summed E-state index contributed by atoms with van der Waals surface area (Å²) in [4.78, 5) is 11.4. The highest BCUT2D eigenvalue weighted by atomic mass is 32.1. The molecule has 2 aliphatic rings. The second-order valence-electron chi connectivity index (χ2n) is 6.47. The number of hydrogen-bond acceptors (Lipinski definition) is 2. The summed E-state index contributed by atoms with van der Waals surface area (Å²) in [7, 11) is 0. The molecule has 22 heavy (non-hydrogen) atoms. The molecule has 122 valence electrons. The first-order chi connectivity index (χ1) is 10.5. The molecule has 0 radical (unpaired) electrons. The zero-order valence-corrected chi connectivity index (χ0v) is 15.2. The molecule has 3 heteroatoms. The molecule has 2 rings (SSSR count). The van der Waals surface area contributed by atoms with Gasteiger partial charge in [0.2, 0.25) is 5.91 Å². The molecular formula is C19H29NOS. The van der Waals surface area contributed by atoms with Gasteiger partial charge in [0.1, 0.15) is 0 Å². The van der Waals surface area contributed by atoms with E-state index in [9.17, 15) is 4.79 Å². The quantitative estimate of drug-likeness (QED) is 0.696. The molecule has 1 saturated carbocycles. The SMILES string of the molecule is CCC(=O)NC[C@@H]1CC1C1=CC=CC(C)=C(CC)C1(S)CC. The van der Waals surface area contributed by atoms with Crippen molar-refractivity contribution in [1.29, 1.82) is 0 Å². The van der Waals surface area contributed by atoms with Crippen molar-refractivity contribution in [2.75, 3.05) is 6.54 Å². The van der Waals surface area contributed by atoms with Gasteiger partial charge in [-0.2, -0.15) is 12.6 Å². The van der Waals surface area contributed by atoms with Crippen LogP contribution in [0.2, 0.25) is 0 Å². The van der Waals surface area contributed by atoms with Gasteiger partial charge >= 0.3 is 0 Å². The van der Waals surface area contributed by atoms with Gasteiger partial charge in [0.05, 0.1) is 4.75 Å². The van der Waals surface area contributed by atoms with Crippen molar-refractivity contribution in [2.24, 2.45) is 11.8 Å². The van der Waals surface area contributed by atoms with E-state index in [0.717, 1.165) is 19.4 Å². The number of amides is 1. The zero-order chi connectivity index (χ0) is 16.3. The Hall–Kier alpha value is -0.960. The van der Waals surface area contributed by atoms with Gasteiger partial charge in [-0.05, 0) is 49.2 Å². The Morgan fingerprint density at radius 3 is 2.73 bits per heavy atom.